The molecule has 1 atom stereocenters. The Hall–Kier alpha value is -2.67. The van der Waals surface area contributed by atoms with Crippen molar-refractivity contribution in [1.29, 1.82) is 0 Å². The van der Waals surface area contributed by atoms with Crippen molar-refractivity contribution in [2.45, 2.75) is 12.5 Å². The van der Waals surface area contributed by atoms with Crippen molar-refractivity contribution in [3.05, 3.63) is 47.7 Å². The van der Waals surface area contributed by atoms with E-state index in [0.717, 1.165) is 16.5 Å². The highest BCUT2D eigenvalue weighted by Gasteiger charge is 2.18. The van der Waals surface area contributed by atoms with Crippen molar-refractivity contribution in [2.75, 3.05) is 0 Å². The smallest absolute Gasteiger partial charge is 0.290 e. The summed E-state index contributed by atoms with van der Waals surface area (Å²) >= 11 is 0. The van der Waals surface area contributed by atoms with Crippen LogP contribution in [0.25, 0.3) is 10.9 Å². The molecule has 0 unspecified atom stereocenters. The first-order chi connectivity index (χ1) is 9.65. The second-order valence-electron chi connectivity index (χ2n) is 4.49. The van der Waals surface area contributed by atoms with Crippen molar-refractivity contribution < 1.29 is 9.32 Å². The van der Waals surface area contributed by atoms with E-state index in [1.807, 2.05) is 30.5 Å². The molecule has 0 bridgehead atoms. The maximum absolute atomic E-state index is 10.9. The zero-order valence-electron chi connectivity index (χ0n) is 10.5. The van der Waals surface area contributed by atoms with Crippen molar-refractivity contribution in [2.24, 2.45) is 11.5 Å². The number of para-hydroxylation sites is 1. The zero-order chi connectivity index (χ0) is 14.1. The molecule has 0 saturated heterocycles. The van der Waals surface area contributed by atoms with Gasteiger partial charge in [-0.05, 0) is 18.1 Å². The number of carbonyl (C=O) groups is 1. The number of primary amides is 1. The number of hydrogen-bond acceptors (Lipinski definition) is 5. The van der Waals surface area contributed by atoms with Gasteiger partial charge in [-0.1, -0.05) is 23.4 Å². The van der Waals surface area contributed by atoms with Gasteiger partial charge in [0.15, 0.2) is 0 Å². The highest BCUT2D eigenvalue weighted by atomic mass is 16.5. The van der Waals surface area contributed by atoms with Gasteiger partial charge in [0.05, 0.1) is 6.04 Å². The van der Waals surface area contributed by atoms with Crippen molar-refractivity contribution >= 4 is 16.8 Å². The van der Waals surface area contributed by atoms with E-state index in [9.17, 15) is 4.79 Å². The third-order valence-corrected chi connectivity index (χ3v) is 3.09. The molecule has 0 aliphatic heterocycles. The molecule has 0 aliphatic rings. The number of H-pyrrole nitrogens is 1. The molecule has 0 fully saturated rings. The number of amides is 1. The van der Waals surface area contributed by atoms with E-state index in [-0.39, 0.29) is 11.7 Å². The summed E-state index contributed by atoms with van der Waals surface area (Å²) < 4.78 is 4.95. The summed E-state index contributed by atoms with van der Waals surface area (Å²) in [5.41, 5.74) is 13.2. The molecule has 102 valence electrons. The first-order valence-electron chi connectivity index (χ1n) is 6.09. The fourth-order valence-corrected chi connectivity index (χ4v) is 2.11. The summed E-state index contributed by atoms with van der Waals surface area (Å²) in [7, 11) is 0. The average Bonchev–Trinajstić information content (AvgIpc) is 3.06. The van der Waals surface area contributed by atoms with E-state index in [4.69, 9.17) is 16.0 Å². The van der Waals surface area contributed by atoms with Gasteiger partial charge >= 0.3 is 0 Å². The van der Waals surface area contributed by atoms with Crippen LogP contribution in [-0.4, -0.2) is 21.0 Å². The first-order valence-corrected chi connectivity index (χ1v) is 6.09. The van der Waals surface area contributed by atoms with Gasteiger partial charge in [0, 0.05) is 17.1 Å². The highest BCUT2D eigenvalue weighted by molar-refractivity contribution is 5.88. The largest absolute Gasteiger partial charge is 0.363 e. The Labute approximate surface area is 114 Å². The molecular weight excluding hydrogens is 258 g/mol. The summed E-state index contributed by atoms with van der Waals surface area (Å²) in [5.74, 6) is -0.697. The van der Waals surface area contributed by atoms with Gasteiger partial charge in [0.1, 0.15) is 0 Å². The Balaban J connectivity index is 1.84. The molecule has 2 heterocycles. The number of benzene rings is 1. The summed E-state index contributed by atoms with van der Waals surface area (Å²) in [5, 5.41) is 4.57. The molecule has 1 aromatic carbocycles. The van der Waals surface area contributed by atoms with Crippen LogP contribution < -0.4 is 11.5 Å². The minimum atomic E-state index is -0.737. The number of nitrogens with zero attached hydrogens (tertiary/aromatic N) is 2. The molecule has 2 aromatic heterocycles. The van der Waals surface area contributed by atoms with Crippen LogP contribution in [0, 0.1) is 0 Å². The Kier molecular flexibility index (Phi) is 2.96. The average molecular weight is 271 g/mol. The van der Waals surface area contributed by atoms with Gasteiger partial charge in [0.25, 0.3) is 11.7 Å². The molecule has 3 rings (SSSR count). The van der Waals surface area contributed by atoms with Crippen molar-refractivity contribution in [3.63, 3.8) is 0 Å². The predicted octanol–water partition coefficient (Wildman–Crippen LogP) is 0.892. The molecule has 5 N–H and O–H groups in total. The molecule has 1 amide bonds. The van der Waals surface area contributed by atoms with Crippen molar-refractivity contribution in [3.8, 4) is 0 Å². The lowest BCUT2D eigenvalue weighted by Gasteiger charge is -2.05. The van der Waals surface area contributed by atoms with Gasteiger partial charge in [-0.25, -0.2) is 0 Å². The van der Waals surface area contributed by atoms with Crippen LogP contribution in [0.1, 0.15) is 28.1 Å². The molecule has 20 heavy (non-hydrogen) atoms. The number of nitrogens with two attached hydrogens (primary N) is 2. The van der Waals surface area contributed by atoms with E-state index in [2.05, 4.69) is 15.1 Å². The van der Waals surface area contributed by atoms with E-state index in [1.165, 1.54) is 0 Å². The van der Waals surface area contributed by atoms with Gasteiger partial charge in [-0.15, -0.1) is 0 Å². The van der Waals surface area contributed by atoms with Crippen LogP contribution in [0.5, 0.6) is 0 Å². The van der Waals surface area contributed by atoms with Gasteiger partial charge in [0.2, 0.25) is 5.89 Å². The van der Waals surface area contributed by atoms with Gasteiger partial charge in [-0.3, -0.25) is 4.79 Å². The van der Waals surface area contributed by atoms with E-state index < -0.39 is 11.9 Å². The van der Waals surface area contributed by atoms with Crippen LogP contribution in [0.4, 0.5) is 0 Å². The Morgan fingerprint density at radius 2 is 2.20 bits per heavy atom. The first kappa shape index (κ1) is 12.4. The number of nitrogens with one attached hydrogen (secondary N) is 1. The highest BCUT2D eigenvalue weighted by Crippen LogP contribution is 2.22. The quantitative estimate of drug-likeness (QED) is 0.650. The number of rotatable bonds is 4. The number of fused-ring (bicyclic) bond motifs is 1. The minimum absolute atomic E-state index is 0.158. The van der Waals surface area contributed by atoms with Crippen LogP contribution in [-0.2, 0) is 6.42 Å². The fourth-order valence-electron chi connectivity index (χ4n) is 2.11. The Morgan fingerprint density at radius 1 is 1.40 bits per heavy atom. The standard InChI is InChI=1S/C13H13N5O2/c14-9(13-17-12(11(15)19)18-20-13)5-7-6-16-10-4-2-1-3-8(7)10/h1-4,6,9,16H,5,14H2,(H2,15,19)/t9-/m1/s1. The maximum Gasteiger partial charge on any atom is 0.290 e. The van der Waals surface area contributed by atoms with Gasteiger partial charge in [-0.2, -0.15) is 4.98 Å². The Bertz CT molecular complexity index is 761. The van der Waals surface area contributed by atoms with Gasteiger partial charge < -0.3 is 21.0 Å². The van der Waals surface area contributed by atoms with E-state index >= 15 is 0 Å². The zero-order valence-corrected chi connectivity index (χ0v) is 10.5. The Morgan fingerprint density at radius 3 is 2.95 bits per heavy atom. The predicted molar refractivity (Wildman–Crippen MR) is 71.7 cm³/mol. The summed E-state index contributed by atoms with van der Waals surface area (Å²) in [6, 6.07) is 7.43. The maximum atomic E-state index is 10.9. The summed E-state index contributed by atoms with van der Waals surface area (Å²) in [6.07, 6.45) is 2.42. The van der Waals surface area contributed by atoms with Crippen LogP contribution in [0.15, 0.2) is 35.0 Å². The van der Waals surface area contributed by atoms with E-state index in [1.54, 1.807) is 0 Å². The monoisotopic (exact) mass is 271 g/mol. The third-order valence-electron chi connectivity index (χ3n) is 3.09. The topological polar surface area (TPSA) is 124 Å². The summed E-state index contributed by atoms with van der Waals surface area (Å²) in [4.78, 5) is 18.0. The number of aromatic amines is 1. The molecule has 7 heteroatoms. The van der Waals surface area contributed by atoms with Crippen molar-refractivity contribution in [1.82, 2.24) is 15.1 Å². The third kappa shape index (κ3) is 2.14. The second-order valence-corrected chi connectivity index (χ2v) is 4.49. The molecule has 0 spiro atoms. The molecular formula is C13H13N5O2. The normalized spacial score (nSPS) is 12.7. The molecule has 0 aliphatic carbocycles. The fraction of sp³-hybridized carbons (Fsp3) is 0.154. The van der Waals surface area contributed by atoms with Crippen LogP contribution in [0.3, 0.4) is 0 Å². The molecule has 0 saturated carbocycles. The number of hydrogen-bond donors (Lipinski definition) is 3. The second kappa shape index (κ2) is 4.78. The lowest BCUT2D eigenvalue weighted by Crippen LogP contribution is -2.16. The SMILES string of the molecule is NC(=O)c1noc([C@H](N)Cc2c[nH]c3ccccc23)n1. The summed E-state index contributed by atoms with van der Waals surface area (Å²) in [6.45, 7) is 0. The lowest BCUT2D eigenvalue weighted by atomic mass is 10.1. The van der Waals surface area contributed by atoms with Crippen LogP contribution in [0.2, 0.25) is 0 Å². The lowest BCUT2D eigenvalue weighted by molar-refractivity contribution is 0.0987. The minimum Gasteiger partial charge on any atom is -0.363 e. The molecule has 3 aromatic rings. The van der Waals surface area contributed by atoms with Crippen LogP contribution >= 0.6 is 0 Å². The number of aromatic nitrogens is 3. The van der Waals surface area contributed by atoms with E-state index in [0.29, 0.717) is 6.42 Å². The number of carbonyl (C=O) groups excluding carboxylic acids is 1. The molecule has 0 radical (unpaired) electrons. The molecule has 7 nitrogen and oxygen atoms in total.